The summed E-state index contributed by atoms with van der Waals surface area (Å²) >= 11 is 1.44. The van der Waals surface area contributed by atoms with E-state index in [1.165, 1.54) is 24.6 Å². The molecule has 1 amide bonds. The number of thioether (sulfide) groups is 1. The lowest BCUT2D eigenvalue weighted by Crippen LogP contribution is -2.28. The predicted molar refractivity (Wildman–Crippen MR) is 97.6 cm³/mol. The zero-order chi connectivity index (χ0) is 18.1. The quantitative estimate of drug-likeness (QED) is 0.722. The van der Waals surface area contributed by atoms with Crippen molar-refractivity contribution >= 4 is 17.7 Å². The van der Waals surface area contributed by atoms with E-state index < -0.39 is 0 Å². The average molecular weight is 374 g/mol. The summed E-state index contributed by atoms with van der Waals surface area (Å²) in [4.78, 5) is 14.2. The van der Waals surface area contributed by atoms with Crippen molar-refractivity contribution in [1.29, 1.82) is 0 Å². The van der Waals surface area contributed by atoms with Gasteiger partial charge in [0.15, 0.2) is 16.7 Å². The van der Waals surface area contributed by atoms with Gasteiger partial charge in [0.05, 0.1) is 5.75 Å². The highest BCUT2D eigenvalue weighted by atomic mass is 32.2. The minimum atomic E-state index is 0.0564. The topological polar surface area (TPSA) is 69.5 Å². The molecule has 1 aromatic carbocycles. The number of hydrogen-bond donors (Lipinski definition) is 0. The molecule has 0 saturated heterocycles. The molecule has 0 radical (unpaired) electrons. The van der Waals surface area contributed by atoms with Gasteiger partial charge in [0.2, 0.25) is 5.91 Å². The molecule has 0 spiro atoms. The van der Waals surface area contributed by atoms with Gasteiger partial charge in [0, 0.05) is 26.6 Å². The number of hydrogen-bond acceptors (Lipinski definition) is 6. The van der Waals surface area contributed by atoms with E-state index in [0.717, 1.165) is 28.0 Å². The van der Waals surface area contributed by atoms with E-state index in [0.29, 0.717) is 31.4 Å². The van der Waals surface area contributed by atoms with E-state index in [4.69, 9.17) is 9.47 Å². The van der Waals surface area contributed by atoms with Crippen molar-refractivity contribution in [3.63, 3.8) is 0 Å². The number of rotatable bonds is 6. The number of benzene rings is 1. The van der Waals surface area contributed by atoms with Crippen molar-refractivity contribution < 1.29 is 14.3 Å². The van der Waals surface area contributed by atoms with Crippen molar-refractivity contribution in [1.82, 2.24) is 19.7 Å². The second-order valence-corrected chi connectivity index (χ2v) is 7.63. The first-order chi connectivity index (χ1) is 12.6. The summed E-state index contributed by atoms with van der Waals surface area (Å²) in [6.45, 7) is 1.66. The van der Waals surface area contributed by atoms with Crippen LogP contribution in [0.5, 0.6) is 11.5 Å². The van der Waals surface area contributed by atoms with Crippen LogP contribution >= 0.6 is 11.8 Å². The SMILES string of the molecule is CN(Cc1ccc2c(c1)OCCO2)C(=O)CSc1nnc(C2CC2)n1C. The first-order valence-electron chi connectivity index (χ1n) is 8.76. The lowest BCUT2D eigenvalue weighted by Gasteiger charge is -2.21. The molecule has 0 bridgehead atoms. The largest absolute Gasteiger partial charge is 0.486 e. The van der Waals surface area contributed by atoms with Crippen LogP contribution in [0, 0.1) is 0 Å². The van der Waals surface area contributed by atoms with Gasteiger partial charge in [-0.3, -0.25) is 4.79 Å². The third-order valence-corrected chi connectivity index (χ3v) is 5.59. The molecule has 26 heavy (non-hydrogen) atoms. The summed E-state index contributed by atoms with van der Waals surface area (Å²) in [5.74, 6) is 3.49. The fraction of sp³-hybridized carbons (Fsp3) is 0.500. The Kier molecular flexibility index (Phi) is 4.76. The molecule has 4 rings (SSSR count). The lowest BCUT2D eigenvalue weighted by molar-refractivity contribution is -0.127. The Labute approximate surface area is 156 Å². The van der Waals surface area contributed by atoms with Gasteiger partial charge in [-0.1, -0.05) is 17.8 Å². The Morgan fingerprint density at radius 3 is 2.81 bits per heavy atom. The third kappa shape index (κ3) is 3.65. The fourth-order valence-electron chi connectivity index (χ4n) is 2.93. The van der Waals surface area contributed by atoms with Gasteiger partial charge < -0.3 is 18.9 Å². The Morgan fingerprint density at radius 1 is 1.27 bits per heavy atom. The molecule has 1 saturated carbocycles. The number of ether oxygens (including phenoxy) is 2. The number of amides is 1. The van der Waals surface area contributed by atoms with E-state index >= 15 is 0 Å². The predicted octanol–water partition coefficient (Wildman–Crippen LogP) is 2.21. The maximum absolute atomic E-state index is 12.5. The number of aromatic nitrogens is 3. The second-order valence-electron chi connectivity index (χ2n) is 6.69. The van der Waals surface area contributed by atoms with Gasteiger partial charge in [0.25, 0.3) is 0 Å². The highest BCUT2D eigenvalue weighted by Gasteiger charge is 2.29. The number of fused-ring (bicyclic) bond motifs is 1. The molecule has 2 aromatic rings. The summed E-state index contributed by atoms with van der Waals surface area (Å²) in [6.07, 6.45) is 2.38. The van der Waals surface area contributed by atoms with Gasteiger partial charge in [-0.25, -0.2) is 0 Å². The van der Waals surface area contributed by atoms with E-state index in [-0.39, 0.29) is 5.91 Å². The van der Waals surface area contributed by atoms with Crippen molar-refractivity contribution in [2.24, 2.45) is 7.05 Å². The van der Waals surface area contributed by atoms with E-state index in [9.17, 15) is 4.79 Å². The molecule has 1 aliphatic carbocycles. The molecular weight excluding hydrogens is 352 g/mol. The first kappa shape index (κ1) is 17.2. The minimum absolute atomic E-state index is 0.0564. The number of nitrogens with zero attached hydrogens (tertiary/aromatic N) is 4. The summed E-state index contributed by atoms with van der Waals surface area (Å²) in [6, 6.07) is 5.81. The normalized spacial score (nSPS) is 15.8. The first-order valence-corrected chi connectivity index (χ1v) is 9.75. The Balaban J connectivity index is 1.33. The highest BCUT2D eigenvalue weighted by Crippen LogP contribution is 2.39. The van der Waals surface area contributed by atoms with Crippen LogP contribution in [-0.4, -0.2) is 51.6 Å². The second kappa shape index (κ2) is 7.19. The Hall–Kier alpha value is -2.22. The van der Waals surface area contributed by atoms with Crippen LogP contribution in [0.2, 0.25) is 0 Å². The van der Waals surface area contributed by atoms with E-state index in [1.54, 1.807) is 4.90 Å². The summed E-state index contributed by atoms with van der Waals surface area (Å²) < 4.78 is 13.1. The molecule has 2 heterocycles. The van der Waals surface area contributed by atoms with Crippen LogP contribution in [0.1, 0.15) is 30.1 Å². The summed E-state index contributed by atoms with van der Waals surface area (Å²) in [7, 11) is 3.78. The Morgan fingerprint density at radius 2 is 2.04 bits per heavy atom. The smallest absolute Gasteiger partial charge is 0.233 e. The third-order valence-electron chi connectivity index (χ3n) is 4.59. The molecule has 0 unspecified atom stereocenters. The molecule has 0 N–H and O–H groups in total. The van der Waals surface area contributed by atoms with Gasteiger partial charge in [-0.15, -0.1) is 10.2 Å². The van der Waals surface area contributed by atoms with Gasteiger partial charge in [0.1, 0.15) is 19.0 Å². The molecule has 0 atom stereocenters. The van der Waals surface area contributed by atoms with Gasteiger partial charge in [-0.2, -0.15) is 0 Å². The van der Waals surface area contributed by atoms with Crippen LogP contribution in [0.25, 0.3) is 0 Å². The number of carbonyl (C=O) groups excluding carboxylic acids is 1. The molecular formula is C18H22N4O3S. The maximum Gasteiger partial charge on any atom is 0.233 e. The zero-order valence-electron chi connectivity index (χ0n) is 15.0. The van der Waals surface area contributed by atoms with Crippen molar-refractivity contribution in [3.8, 4) is 11.5 Å². The molecule has 8 heteroatoms. The summed E-state index contributed by atoms with van der Waals surface area (Å²) in [5, 5.41) is 9.26. The van der Waals surface area contributed by atoms with Crippen LogP contribution in [0.15, 0.2) is 23.4 Å². The standard InChI is InChI=1S/C18H22N4O3S/c1-21(10-12-3-6-14-15(9-12)25-8-7-24-14)16(23)11-26-18-20-19-17(22(18)2)13-4-5-13/h3,6,9,13H,4-5,7-8,10-11H2,1-2H3. The summed E-state index contributed by atoms with van der Waals surface area (Å²) in [5.41, 5.74) is 1.02. The molecule has 2 aliphatic rings. The van der Waals surface area contributed by atoms with Crippen LogP contribution in [0.3, 0.4) is 0 Å². The van der Waals surface area contributed by atoms with Crippen molar-refractivity contribution in [2.75, 3.05) is 26.0 Å². The molecule has 1 fully saturated rings. The van der Waals surface area contributed by atoms with Crippen LogP contribution < -0.4 is 9.47 Å². The molecule has 1 aliphatic heterocycles. The van der Waals surface area contributed by atoms with Gasteiger partial charge in [-0.05, 0) is 30.5 Å². The van der Waals surface area contributed by atoms with Crippen molar-refractivity contribution in [3.05, 3.63) is 29.6 Å². The van der Waals surface area contributed by atoms with Crippen molar-refractivity contribution in [2.45, 2.75) is 30.5 Å². The van der Waals surface area contributed by atoms with Gasteiger partial charge >= 0.3 is 0 Å². The van der Waals surface area contributed by atoms with Crippen LogP contribution in [0.4, 0.5) is 0 Å². The van der Waals surface area contributed by atoms with E-state index in [2.05, 4.69) is 10.2 Å². The monoisotopic (exact) mass is 374 g/mol. The zero-order valence-corrected chi connectivity index (χ0v) is 15.8. The highest BCUT2D eigenvalue weighted by molar-refractivity contribution is 7.99. The fourth-order valence-corrected chi connectivity index (χ4v) is 3.79. The molecule has 1 aromatic heterocycles. The molecule has 138 valence electrons. The Bertz CT molecular complexity index is 819. The minimum Gasteiger partial charge on any atom is -0.486 e. The van der Waals surface area contributed by atoms with E-state index in [1.807, 2.05) is 36.9 Å². The van der Waals surface area contributed by atoms with Crippen LogP contribution in [-0.2, 0) is 18.4 Å². The molecule has 7 nitrogen and oxygen atoms in total. The lowest BCUT2D eigenvalue weighted by atomic mass is 10.2. The average Bonchev–Trinajstić information content (AvgIpc) is 3.43. The number of carbonyl (C=O) groups is 1. The maximum atomic E-state index is 12.5.